The van der Waals surface area contributed by atoms with Gasteiger partial charge in [0, 0.05) is 19.6 Å². The van der Waals surface area contributed by atoms with E-state index in [1.165, 1.54) is 0 Å². The third-order valence-electron chi connectivity index (χ3n) is 5.55. The number of benzene rings is 2. The predicted octanol–water partition coefficient (Wildman–Crippen LogP) is 3.74. The van der Waals surface area contributed by atoms with Gasteiger partial charge in [0.1, 0.15) is 18.5 Å². The zero-order chi connectivity index (χ0) is 22.2. The van der Waals surface area contributed by atoms with Crippen LogP contribution in [0.2, 0.25) is 0 Å². The number of hydrogen-bond acceptors (Lipinski definition) is 5. The predicted molar refractivity (Wildman–Crippen MR) is 123 cm³/mol. The van der Waals surface area contributed by atoms with Gasteiger partial charge in [-0.25, -0.2) is 4.98 Å². The van der Waals surface area contributed by atoms with E-state index in [0.717, 1.165) is 54.0 Å². The zero-order valence-electron chi connectivity index (χ0n) is 18.6. The first-order valence-electron chi connectivity index (χ1n) is 11.4. The number of aromatic nitrogens is 2. The van der Waals surface area contributed by atoms with E-state index in [9.17, 15) is 4.79 Å². The number of hydrogen-bond donors (Lipinski definition) is 1. The Bertz CT molecular complexity index is 1030. The molecule has 2 heterocycles. The first-order valence-corrected chi connectivity index (χ1v) is 11.4. The summed E-state index contributed by atoms with van der Waals surface area (Å²) in [7, 11) is 0. The molecule has 1 saturated heterocycles. The second-order valence-corrected chi connectivity index (χ2v) is 7.79. The van der Waals surface area contributed by atoms with E-state index in [0.29, 0.717) is 32.9 Å². The summed E-state index contributed by atoms with van der Waals surface area (Å²) in [5.41, 5.74) is 2.06. The molecule has 1 aromatic heterocycles. The highest BCUT2D eigenvalue weighted by Crippen LogP contribution is 2.26. The molecular formula is C25H31N3O4. The number of imidazole rings is 1. The van der Waals surface area contributed by atoms with Crippen molar-refractivity contribution in [1.29, 1.82) is 0 Å². The maximum absolute atomic E-state index is 12.1. The molecule has 1 N–H and O–H groups in total. The number of para-hydroxylation sites is 4. The van der Waals surface area contributed by atoms with Gasteiger partial charge in [-0.1, -0.05) is 24.3 Å². The Hall–Kier alpha value is -3.06. The quantitative estimate of drug-likeness (QED) is 0.463. The van der Waals surface area contributed by atoms with Gasteiger partial charge in [-0.2, -0.15) is 0 Å². The van der Waals surface area contributed by atoms with Crippen LogP contribution in [-0.4, -0.2) is 47.9 Å². The maximum Gasteiger partial charge on any atom is 0.249 e. The summed E-state index contributed by atoms with van der Waals surface area (Å²) < 4.78 is 19.3. The minimum absolute atomic E-state index is 0.00244. The molecule has 1 aliphatic rings. The van der Waals surface area contributed by atoms with Crippen molar-refractivity contribution < 1.29 is 19.0 Å². The molecular weight excluding hydrogens is 406 g/mol. The molecule has 1 aliphatic heterocycles. The van der Waals surface area contributed by atoms with Crippen molar-refractivity contribution in [3.05, 3.63) is 54.4 Å². The summed E-state index contributed by atoms with van der Waals surface area (Å²) in [6.07, 6.45) is 3.08. The summed E-state index contributed by atoms with van der Waals surface area (Å²) in [6, 6.07) is 15.9. The highest BCUT2D eigenvalue weighted by Gasteiger charge is 2.22. The number of aryl methyl sites for hydroxylation is 1. The SMILES string of the molecule is CCOc1ccccc1OCCn1c(CCCNC(=O)C2CCCO2)nc2ccccc21. The number of ether oxygens (including phenoxy) is 3. The van der Waals surface area contributed by atoms with Crippen LogP contribution in [-0.2, 0) is 22.5 Å². The van der Waals surface area contributed by atoms with Gasteiger partial charge in [0.25, 0.3) is 0 Å². The lowest BCUT2D eigenvalue weighted by molar-refractivity contribution is -0.130. The van der Waals surface area contributed by atoms with Gasteiger partial charge >= 0.3 is 0 Å². The maximum atomic E-state index is 12.1. The van der Waals surface area contributed by atoms with Crippen molar-refractivity contribution in [3.8, 4) is 11.5 Å². The molecule has 1 amide bonds. The lowest BCUT2D eigenvalue weighted by Gasteiger charge is -2.14. The molecule has 170 valence electrons. The second-order valence-electron chi connectivity index (χ2n) is 7.79. The van der Waals surface area contributed by atoms with Crippen molar-refractivity contribution in [2.75, 3.05) is 26.4 Å². The highest BCUT2D eigenvalue weighted by molar-refractivity contribution is 5.80. The first-order chi connectivity index (χ1) is 15.8. The van der Waals surface area contributed by atoms with E-state index < -0.39 is 0 Å². The monoisotopic (exact) mass is 437 g/mol. The van der Waals surface area contributed by atoms with Gasteiger partial charge in [-0.05, 0) is 50.5 Å². The van der Waals surface area contributed by atoms with Crippen molar-refractivity contribution in [3.63, 3.8) is 0 Å². The number of nitrogens with zero attached hydrogens (tertiary/aromatic N) is 2. The Morgan fingerprint density at radius 2 is 1.94 bits per heavy atom. The zero-order valence-corrected chi connectivity index (χ0v) is 18.6. The fraction of sp³-hybridized carbons (Fsp3) is 0.440. The van der Waals surface area contributed by atoms with Crippen LogP contribution >= 0.6 is 0 Å². The summed E-state index contributed by atoms with van der Waals surface area (Å²) in [5, 5.41) is 2.99. The van der Waals surface area contributed by atoms with Crippen molar-refractivity contribution in [2.45, 2.75) is 45.3 Å². The van der Waals surface area contributed by atoms with Gasteiger partial charge in [0.05, 0.1) is 24.2 Å². The smallest absolute Gasteiger partial charge is 0.249 e. The van der Waals surface area contributed by atoms with Crippen LogP contribution in [0, 0.1) is 0 Å². The number of nitrogens with one attached hydrogen (secondary N) is 1. The van der Waals surface area contributed by atoms with E-state index in [2.05, 4.69) is 16.0 Å². The van der Waals surface area contributed by atoms with Gasteiger partial charge in [0.2, 0.25) is 5.91 Å². The lowest BCUT2D eigenvalue weighted by atomic mass is 10.2. The van der Waals surface area contributed by atoms with E-state index in [1.807, 2.05) is 49.4 Å². The molecule has 2 aromatic carbocycles. The van der Waals surface area contributed by atoms with Crippen LogP contribution in [0.3, 0.4) is 0 Å². The molecule has 0 spiro atoms. The average Bonchev–Trinajstić information content (AvgIpc) is 3.47. The highest BCUT2D eigenvalue weighted by atomic mass is 16.5. The lowest BCUT2D eigenvalue weighted by Crippen LogP contribution is -2.34. The summed E-state index contributed by atoms with van der Waals surface area (Å²) in [5.74, 6) is 2.50. The Morgan fingerprint density at radius 1 is 1.16 bits per heavy atom. The number of carbonyl (C=O) groups is 1. The molecule has 3 aromatic rings. The Balaban J connectivity index is 1.36. The van der Waals surface area contributed by atoms with E-state index in [4.69, 9.17) is 19.2 Å². The molecule has 7 heteroatoms. The second kappa shape index (κ2) is 11.0. The minimum Gasteiger partial charge on any atom is -0.490 e. The van der Waals surface area contributed by atoms with Crippen LogP contribution in [0.5, 0.6) is 11.5 Å². The van der Waals surface area contributed by atoms with Crippen LogP contribution in [0.4, 0.5) is 0 Å². The molecule has 4 rings (SSSR count). The molecule has 32 heavy (non-hydrogen) atoms. The largest absolute Gasteiger partial charge is 0.490 e. The summed E-state index contributed by atoms with van der Waals surface area (Å²) in [4.78, 5) is 17.0. The third-order valence-corrected chi connectivity index (χ3v) is 5.55. The Morgan fingerprint density at radius 3 is 2.72 bits per heavy atom. The number of fused-ring (bicyclic) bond motifs is 1. The van der Waals surface area contributed by atoms with Crippen LogP contribution in [0.1, 0.15) is 32.0 Å². The van der Waals surface area contributed by atoms with Crippen molar-refractivity contribution >= 4 is 16.9 Å². The van der Waals surface area contributed by atoms with Gasteiger partial charge < -0.3 is 24.1 Å². The van der Waals surface area contributed by atoms with Crippen molar-refractivity contribution in [1.82, 2.24) is 14.9 Å². The molecule has 0 radical (unpaired) electrons. The topological polar surface area (TPSA) is 74.6 Å². The van der Waals surface area contributed by atoms with Crippen LogP contribution < -0.4 is 14.8 Å². The van der Waals surface area contributed by atoms with E-state index >= 15 is 0 Å². The molecule has 7 nitrogen and oxygen atoms in total. The van der Waals surface area contributed by atoms with Gasteiger partial charge in [-0.3, -0.25) is 4.79 Å². The average molecular weight is 438 g/mol. The molecule has 1 unspecified atom stereocenters. The van der Waals surface area contributed by atoms with Crippen molar-refractivity contribution in [2.24, 2.45) is 0 Å². The Labute approximate surface area is 188 Å². The van der Waals surface area contributed by atoms with E-state index in [1.54, 1.807) is 0 Å². The molecule has 1 fully saturated rings. The Kier molecular flexibility index (Phi) is 7.61. The fourth-order valence-corrected chi connectivity index (χ4v) is 4.01. The minimum atomic E-state index is -0.281. The standard InChI is InChI=1S/C25H31N3O4/c1-2-30-21-11-5-6-12-22(21)32-18-16-28-20-10-4-3-9-19(20)27-24(28)14-7-15-26-25(29)23-13-8-17-31-23/h3-6,9-12,23H,2,7-8,13-18H2,1H3,(H,26,29). The van der Waals surface area contributed by atoms with E-state index in [-0.39, 0.29) is 12.0 Å². The molecule has 1 atom stereocenters. The number of carbonyl (C=O) groups excluding carboxylic acids is 1. The normalized spacial score (nSPS) is 15.7. The van der Waals surface area contributed by atoms with Gasteiger partial charge in [0.15, 0.2) is 11.5 Å². The first kappa shape index (κ1) is 22.1. The molecule has 0 aliphatic carbocycles. The molecule has 0 bridgehead atoms. The molecule has 0 saturated carbocycles. The fourth-order valence-electron chi connectivity index (χ4n) is 4.01. The van der Waals surface area contributed by atoms with Crippen LogP contribution in [0.25, 0.3) is 11.0 Å². The summed E-state index contributed by atoms with van der Waals surface area (Å²) >= 11 is 0. The van der Waals surface area contributed by atoms with Gasteiger partial charge in [-0.15, -0.1) is 0 Å². The van der Waals surface area contributed by atoms with Crippen LogP contribution in [0.15, 0.2) is 48.5 Å². The number of amides is 1. The summed E-state index contributed by atoms with van der Waals surface area (Å²) in [6.45, 7) is 5.04. The third kappa shape index (κ3) is 5.40. The number of rotatable bonds is 11.